The van der Waals surface area contributed by atoms with E-state index in [1.807, 2.05) is 0 Å². The zero-order valence-corrected chi connectivity index (χ0v) is 8.25. The minimum Gasteiger partial charge on any atom is -0.392 e. The molecule has 1 rings (SSSR count). The van der Waals surface area contributed by atoms with Crippen LogP contribution in [-0.4, -0.2) is 23.7 Å². The van der Waals surface area contributed by atoms with Crippen LogP contribution in [0, 0.1) is 5.92 Å². The van der Waals surface area contributed by atoms with E-state index in [0.29, 0.717) is 6.54 Å². The molecule has 0 aromatic rings. The van der Waals surface area contributed by atoms with E-state index in [0.717, 1.165) is 12.8 Å². The predicted molar refractivity (Wildman–Crippen MR) is 51.3 cm³/mol. The summed E-state index contributed by atoms with van der Waals surface area (Å²) in [5.74, 6) is 0.327. The lowest BCUT2D eigenvalue weighted by atomic mass is 9.89. The smallest absolute Gasteiger partial charge is 0.223 e. The summed E-state index contributed by atoms with van der Waals surface area (Å²) in [6.45, 7) is 2.07. The summed E-state index contributed by atoms with van der Waals surface area (Å²) in [6, 6.07) is 0. The van der Waals surface area contributed by atoms with Crippen LogP contribution in [0.3, 0.4) is 0 Å². The van der Waals surface area contributed by atoms with E-state index >= 15 is 0 Å². The molecule has 3 heteroatoms. The van der Waals surface area contributed by atoms with Crippen molar-refractivity contribution < 1.29 is 9.90 Å². The first-order chi connectivity index (χ1) is 6.20. The van der Waals surface area contributed by atoms with E-state index in [1.54, 1.807) is 6.92 Å². The van der Waals surface area contributed by atoms with Crippen LogP contribution in [0.2, 0.25) is 0 Å². The number of amides is 1. The minimum absolute atomic E-state index is 0.126. The summed E-state index contributed by atoms with van der Waals surface area (Å²) in [5.41, 5.74) is 0. The molecule has 1 aliphatic rings. The standard InChI is InChI=1S/C10H19NO2/c1-8(12)7-11-10(13)9-5-3-2-4-6-9/h8-9,12H,2-7H2,1H3,(H,11,13)/t8-/m0/s1. The second kappa shape index (κ2) is 5.22. The molecule has 0 unspecified atom stereocenters. The van der Waals surface area contributed by atoms with Crippen LogP contribution in [-0.2, 0) is 4.79 Å². The largest absolute Gasteiger partial charge is 0.392 e. The molecule has 13 heavy (non-hydrogen) atoms. The lowest BCUT2D eigenvalue weighted by molar-refractivity contribution is -0.126. The minimum atomic E-state index is -0.437. The summed E-state index contributed by atoms with van der Waals surface area (Å²) in [5, 5.41) is 11.7. The van der Waals surface area contributed by atoms with Crippen molar-refractivity contribution in [2.45, 2.75) is 45.1 Å². The third kappa shape index (κ3) is 3.77. The SMILES string of the molecule is C[C@H](O)CNC(=O)C1CCCCC1. The molecule has 1 amide bonds. The van der Waals surface area contributed by atoms with Crippen molar-refractivity contribution in [3.8, 4) is 0 Å². The van der Waals surface area contributed by atoms with Crippen LogP contribution in [0.1, 0.15) is 39.0 Å². The van der Waals surface area contributed by atoms with Crippen molar-refractivity contribution in [2.75, 3.05) is 6.54 Å². The number of carbonyl (C=O) groups is 1. The van der Waals surface area contributed by atoms with Gasteiger partial charge in [-0.25, -0.2) is 0 Å². The van der Waals surface area contributed by atoms with Crippen LogP contribution < -0.4 is 5.32 Å². The van der Waals surface area contributed by atoms with Gasteiger partial charge in [-0.05, 0) is 19.8 Å². The van der Waals surface area contributed by atoms with Crippen LogP contribution >= 0.6 is 0 Å². The molecular formula is C10H19NO2. The van der Waals surface area contributed by atoms with Crippen LogP contribution in [0.25, 0.3) is 0 Å². The Hall–Kier alpha value is -0.570. The molecule has 2 N–H and O–H groups in total. The van der Waals surface area contributed by atoms with E-state index in [2.05, 4.69) is 5.32 Å². The van der Waals surface area contributed by atoms with Gasteiger partial charge in [-0.1, -0.05) is 19.3 Å². The molecule has 0 heterocycles. The van der Waals surface area contributed by atoms with E-state index in [4.69, 9.17) is 5.11 Å². The Kier molecular flexibility index (Phi) is 4.22. The summed E-state index contributed by atoms with van der Waals surface area (Å²) >= 11 is 0. The summed E-state index contributed by atoms with van der Waals surface area (Å²) in [7, 11) is 0. The predicted octanol–water partition coefficient (Wildman–Crippen LogP) is 1.06. The second-order valence-corrected chi connectivity index (χ2v) is 3.93. The first-order valence-electron chi connectivity index (χ1n) is 5.16. The molecule has 0 spiro atoms. The maximum Gasteiger partial charge on any atom is 0.223 e. The van der Waals surface area contributed by atoms with Crippen LogP contribution in [0.15, 0.2) is 0 Å². The van der Waals surface area contributed by atoms with E-state index in [9.17, 15) is 4.79 Å². The molecule has 1 atom stereocenters. The fourth-order valence-corrected chi connectivity index (χ4v) is 1.76. The van der Waals surface area contributed by atoms with Gasteiger partial charge in [0.05, 0.1) is 6.10 Å². The van der Waals surface area contributed by atoms with E-state index in [1.165, 1.54) is 19.3 Å². The van der Waals surface area contributed by atoms with Crippen molar-refractivity contribution in [1.29, 1.82) is 0 Å². The third-order valence-corrected chi connectivity index (χ3v) is 2.55. The molecule has 1 aliphatic carbocycles. The lowest BCUT2D eigenvalue weighted by Crippen LogP contribution is -2.36. The Labute approximate surface area is 79.5 Å². The zero-order chi connectivity index (χ0) is 9.68. The van der Waals surface area contributed by atoms with E-state index in [-0.39, 0.29) is 11.8 Å². The van der Waals surface area contributed by atoms with Gasteiger partial charge in [-0.15, -0.1) is 0 Å². The maximum absolute atomic E-state index is 11.5. The average molecular weight is 185 g/mol. The molecule has 3 nitrogen and oxygen atoms in total. The first-order valence-corrected chi connectivity index (χ1v) is 5.16. The Bertz CT molecular complexity index is 162. The summed E-state index contributed by atoms with van der Waals surface area (Å²) in [6.07, 6.45) is 5.21. The van der Waals surface area contributed by atoms with Gasteiger partial charge >= 0.3 is 0 Å². The van der Waals surface area contributed by atoms with Gasteiger partial charge in [0.1, 0.15) is 0 Å². The molecule has 0 aromatic heterocycles. The molecule has 0 bridgehead atoms. The van der Waals surface area contributed by atoms with Gasteiger partial charge in [0.25, 0.3) is 0 Å². The molecule has 0 aliphatic heterocycles. The van der Waals surface area contributed by atoms with Crippen LogP contribution in [0.4, 0.5) is 0 Å². The number of carbonyl (C=O) groups excluding carboxylic acids is 1. The van der Waals surface area contributed by atoms with E-state index < -0.39 is 6.10 Å². The second-order valence-electron chi connectivity index (χ2n) is 3.93. The van der Waals surface area contributed by atoms with Crippen molar-refractivity contribution >= 4 is 5.91 Å². The fraction of sp³-hybridized carbons (Fsp3) is 0.900. The normalized spacial score (nSPS) is 21.1. The number of hydrogen-bond acceptors (Lipinski definition) is 2. The van der Waals surface area contributed by atoms with Gasteiger partial charge in [0.15, 0.2) is 0 Å². The highest BCUT2D eigenvalue weighted by Crippen LogP contribution is 2.23. The molecule has 1 fully saturated rings. The fourth-order valence-electron chi connectivity index (χ4n) is 1.76. The number of rotatable bonds is 3. The monoisotopic (exact) mass is 185 g/mol. The van der Waals surface area contributed by atoms with Crippen molar-refractivity contribution in [1.82, 2.24) is 5.32 Å². The highest BCUT2D eigenvalue weighted by atomic mass is 16.3. The number of aliphatic hydroxyl groups is 1. The molecule has 0 radical (unpaired) electrons. The number of nitrogens with one attached hydrogen (secondary N) is 1. The maximum atomic E-state index is 11.5. The van der Waals surface area contributed by atoms with Gasteiger partial charge in [0.2, 0.25) is 5.91 Å². The Balaban J connectivity index is 2.21. The molecule has 0 aromatic carbocycles. The quantitative estimate of drug-likeness (QED) is 0.691. The lowest BCUT2D eigenvalue weighted by Gasteiger charge is -2.21. The number of aliphatic hydroxyl groups excluding tert-OH is 1. The van der Waals surface area contributed by atoms with Gasteiger partial charge in [0, 0.05) is 12.5 Å². The van der Waals surface area contributed by atoms with Gasteiger partial charge in [-0.2, -0.15) is 0 Å². The third-order valence-electron chi connectivity index (χ3n) is 2.55. The average Bonchev–Trinajstić information content (AvgIpc) is 2.15. The van der Waals surface area contributed by atoms with Crippen LogP contribution in [0.5, 0.6) is 0 Å². The Morgan fingerprint density at radius 3 is 2.62 bits per heavy atom. The van der Waals surface area contributed by atoms with Gasteiger partial charge < -0.3 is 10.4 Å². The zero-order valence-electron chi connectivity index (χ0n) is 8.25. The topological polar surface area (TPSA) is 49.3 Å². The Morgan fingerprint density at radius 2 is 2.08 bits per heavy atom. The number of hydrogen-bond donors (Lipinski definition) is 2. The van der Waals surface area contributed by atoms with Crippen molar-refractivity contribution in [3.05, 3.63) is 0 Å². The molecular weight excluding hydrogens is 166 g/mol. The molecule has 0 saturated heterocycles. The molecule has 76 valence electrons. The summed E-state index contributed by atoms with van der Waals surface area (Å²) in [4.78, 5) is 11.5. The summed E-state index contributed by atoms with van der Waals surface area (Å²) < 4.78 is 0. The highest BCUT2D eigenvalue weighted by molar-refractivity contribution is 5.78. The van der Waals surface area contributed by atoms with Crippen molar-refractivity contribution in [3.63, 3.8) is 0 Å². The Morgan fingerprint density at radius 1 is 1.46 bits per heavy atom. The first kappa shape index (κ1) is 10.5. The van der Waals surface area contributed by atoms with Crippen molar-refractivity contribution in [2.24, 2.45) is 5.92 Å². The van der Waals surface area contributed by atoms with Gasteiger partial charge in [-0.3, -0.25) is 4.79 Å². The molecule has 1 saturated carbocycles. The highest BCUT2D eigenvalue weighted by Gasteiger charge is 2.20.